The van der Waals surface area contributed by atoms with Gasteiger partial charge in [0, 0.05) is 55.1 Å². The van der Waals surface area contributed by atoms with Crippen LogP contribution in [0.5, 0.6) is 0 Å². The first-order chi connectivity index (χ1) is 9.95. The van der Waals surface area contributed by atoms with Crippen LogP contribution in [-0.4, -0.2) is 53.7 Å². The fraction of sp³-hybridized carbons (Fsp3) is 0.467. The van der Waals surface area contributed by atoms with E-state index in [0.717, 1.165) is 12.1 Å². The van der Waals surface area contributed by atoms with Crippen molar-refractivity contribution in [1.82, 2.24) is 19.6 Å². The number of hydrogen-bond acceptors (Lipinski definition) is 4. The molecule has 2 aromatic rings. The summed E-state index contributed by atoms with van der Waals surface area (Å²) in [6.45, 7) is 1.57. The molecule has 6 heteroatoms. The molecule has 21 heavy (non-hydrogen) atoms. The van der Waals surface area contributed by atoms with Gasteiger partial charge in [-0.15, -0.1) is 11.3 Å². The molecule has 0 bridgehead atoms. The maximum absolute atomic E-state index is 11.6. The predicted molar refractivity (Wildman–Crippen MR) is 86.2 cm³/mol. The summed E-state index contributed by atoms with van der Waals surface area (Å²) in [5.74, 6) is 0.122. The normalized spacial score (nSPS) is 11.1. The third-order valence-corrected chi connectivity index (χ3v) is 4.22. The Hall–Kier alpha value is -1.66. The van der Waals surface area contributed by atoms with Crippen LogP contribution in [0.2, 0.25) is 0 Å². The van der Waals surface area contributed by atoms with Gasteiger partial charge in [0.25, 0.3) is 0 Å². The standard InChI is InChI=1S/C15H22N4OS/c1-17(2)11-13-5-6-14(21-13)12-9-16-19(10-12)8-7-15(20)18(3)4/h5-6,9-10H,7-8,11H2,1-4H3. The zero-order chi connectivity index (χ0) is 15.4. The number of aromatic nitrogens is 2. The summed E-state index contributed by atoms with van der Waals surface area (Å²) in [4.78, 5) is 17.9. The van der Waals surface area contributed by atoms with Crippen molar-refractivity contribution in [1.29, 1.82) is 0 Å². The Balaban J connectivity index is 1.99. The highest BCUT2D eigenvalue weighted by molar-refractivity contribution is 7.15. The molecule has 0 atom stereocenters. The van der Waals surface area contributed by atoms with Gasteiger partial charge in [-0.3, -0.25) is 9.48 Å². The van der Waals surface area contributed by atoms with Crippen LogP contribution in [0.3, 0.4) is 0 Å². The summed E-state index contributed by atoms with van der Waals surface area (Å²) in [6, 6.07) is 4.29. The van der Waals surface area contributed by atoms with Gasteiger partial charge in [-0.1, -0.05) is 0 Å². The number of carbonyl (C=O) groups is 1. The van der Waals surface area contributed by atoms with Crippen LogP contribution in [0, 0.1) is 0 Å². The van der Waals surface area contributed by atoms with Gasteiger partial charge in [0.05, 0.1) is 6.20 Å². The van der Waals surface area contributed by atoms with Crippen LogP contribution in [0.1, 0.15) is 11.3 Å². The topological polar surface area (TPSA) is 41.4 Å². The van der Waals surface area contributed by atoms with Gasteiger partial charge in [-0.05, 0) is 26.2 Å². The molecule has 1 amide bonds. The highest BCUT2D eigenvalue weighted by Crippen LogP contribution is 2.28. The molecule has 0 saturated heterocycles. The molecule has 0 fully saturated rings. The highest BCUT2D eigenvalue weighted by Gasteiger charge is 2.08. The van der Waals surface area contributed by atoms with E-state index in [1.165, 1.54) is 9.75 Å². The first-order valence-corrected chi connectivity index (χ1v) is 7.74. The molecule has 2 aromatic heterocycles. The summed E-state index contributed by atoms with van der Waals surface area (Å²) in [5, 5.41) is 4.34. The van der Waals surface area contributed by atoms with E-state index in [2.05, 4.69) is 36.2 Å². The number of aryl methyl sites for hydroxylation is 1. The van der Waals surface area contributed by atoms with E-state index in [4.69, 9.17) is 0 Å². The lowest BCUT2D eigenvalue weighted by molar-refractivity contribution is -0.128. The molecular weight excluding hydrogens is 284 g/mol. The van der Waals surface area contributed by atoms with Gasteiger partial charge in [0.15, 0.2) is 0 Å². The van der Waals surface area contributed by atoms with E-state index in [1.54, 1.807) is 30.3 Å². The maximum Gasteiger partial charge on any atom is 0.223 e. The first-order valence-electron chi connectivity index (χ1n) is 6.92. The Kier molecular flexibility index (Phi) is 5.14. The zero-order valence-electron chi connectivity index (χ0n) is 13.0. The van der Waals surface area contributed by atoms with E-state index >= 15 is 0 Å². The van der Waals surface area contributed by atoms with Crippen molar-refractivity contribution in [2.75, 3.05) is 28.2 Å². The molecule has 0 unspecified atom stereocenters. The van der Waals surface area contributed by atoms with Gasteiger partial charge >= 0.3 is 0 Å². The second-order valence-corrected chi connectivity index (χ2v) is 6.70. The number of nitrogens with zero attached hydrogens (tertiary/aromatic N) is 4. The van der Waals surface area contributed by atoms with Gasteiger partial charge in [-0.2, -0.15) is 5.10 Å². The molecule has 0 spiro atoms. The van der Waals surface area contributed by atoms with Gasteiger partial charge in [0.1, 0.15) is 0 Å². The Morgan fingerprint density at radius 2 is 2.05 bits per heavy atom. The number of rotatable bonds is 6. The molecule has 114 valence electrons. The maximum atomic E-state index is 11.6. The highest BCUT2D eigenvalue weighted by atomic mass is 32.1. The molecule has 0 aromatic carbocycles. The minimum atomic E-state index is 0.122. The van der Waals surface area contributed by atoms with Crippen LogP contribution >= 0.6 is 11.3 Å². The molecule has 2 rings (SSSR count). The lowest BCUT2D eigenvalue weighted by Crippen LogP contribution is -2.22. The quantitative estimate of drug-likeness (QED) is 0.821. The minimum absolute atomic E-state index is 0.122. The molecule has 2 heterocycles. The van der Waals surface area contributed by atoms with Crippen molar-refractivity contribution in [2.45, 2.75) is 19.5 Å². The number of amides is 1. The summed E-state index contributed by atoms with van der Waals surface area (Å²) < 4.78 is 1.84. The monoisotopic (exact) mass is 306 g/mol. The molecule has 0 saturated carbocycles. The largest absolute Gasteiger partial charge is 0.349 e. The van der Waals surface area contributed by atoms with Crippen LogP contribution in [0.25, 0.3) is 10.4 Å². The average Bonchev–Trinajstić information content (AvgIpc) is 3.03. The number of thiophene rings is 1. The van der Waals surface area contributed by atoms with E-state index in [0.29, 0.717) is 13.0 Å². The van der Waals surface area contributed by atoms with E-state index in [-0.39, 0.29) is 5.91 Å². The van der Waals surface area contributed by atoms with Crippen LogP contribution in [-0.2, 0) is 17.9 Å². The van der Waals surface area contributed by atoms with Crippen LogP contribution in [0.4, 0.5) is 0 Å². The zero-order valence-corrected chi connectivity index (χ0v) is 13.9. The fourth-order valence-electron chi connectivity index (χ4n) is 1.98. The molecule has 5 nitrogen and oxygen atoms in total. The fourth-order valence-corrected chi connectivity index (χ4v) is 3.08. The van der Waals surface area contributed by atoms with Crippen LogP contribution < -0.4 is 0 Å². The van der Waals surface area contributed by atoms with Gasteiger partial charge in [-0.25, -0.2) is 0 Å². The number of carbonyl (C=O) groups excluding carboxylic acids is 1. The summed E-state index contributed by atoms with van der Waals surface area (Å²) in [5.41, 5.74) is 1.11. The summed E-state index contributed by atoms with van der Waals surface area (Å²) in [6.07, 6.45) is 4.35. The third kappa shape index (κ3) is 4.41. The Labute approximate surface area is 129 Å². The van der Waals surface area contributed by atoms with Crippen molar-refractivity contribution in [3.05, 3.63) is 29.4 Å². The Morgan fingerprint density at radius 3 is 2.71 bits per heavy atom. The molecular formula is C15H22N4OS. The van der Waals surface area contributed by atoms with Crippen molar-refractivity contribution < 1.29 is 4.79 Å². The summed E-state index contributed by atoms with van der Waals surface area (Å²) in [7, 11) is 7.68. The van der Waals surface area contributed by atoms with Crippen molar-refractivity contribution in [3.8, 4) is 10.4 Å². The Bertz CT molecular complexity index is 600. The lowest BCUT2D eigenvalue weighted by Gasteiger charge is -2.09. The smallest absolute Gasteiger partial charge is 0.223 e. The number of hydrogen-bond donors (Lipinski definition) is 0. The molecule has 0 aliphatic rings. The lowest BCUT2D eigenvalue weighted by atomic mass is 10.3. The summed E-state index contributed by atoms with van der Waals surface area (Å²) >= 11 is 1.79. The Morgan fingerprint density at radius 1 is 1.29 bits per heavy atom. The van der Waals surface area contributed by atoms with Gasteiger partial charge < -0.3 is 9.80 Å². The van der Waals surface area contributed by atoms with E-state index in [9.17, 15) is 4.79 Å². The van der Waals surface area contributed by atoms with Crippen molar-refractivity contribution in [2.24, 2.45) is 0 Å². The molecule has 0 aliphatic carbocycles. The molecule has 0 aliphatic heterocycles. The van der Waals surface area contributed by atoms with E-state index in [1.807, 2.05) is 17.1 Å². The molecule has 0 N–H and O–H groups in total. The second kappa shape index (κ2) is 6.87. The first kappa shape index (κ1) is 15.7. The molecule has 0 radical (unpaired) electrons. The van der Waals surface area contributed by atoms with Crippen LogP contribution in [0.15, 0.2) is 24.5 Å². The third-order valence-electron chi connectivity index (χ3n) is 3.11. The second-order valence-electron chi connectivity index (χ2n) is 5.53. The predicted octanol–water partition coefficient (Wildman–Crippen LogP) is 2.15. The minimum Gasteiger partial charge on any atom is -0.349 e. The van der Waals surface area contributed by atoms with Gasteiger partial charge in [0.2, 0.25) is 5.91 Å². The SMILES string of the molecule is CN(C)Cc1ccc(-c2cnn(CCC(=O)N(C)C)c2)s1. The van der Waals surface area contributed by atoms with Crippen molar-refractivity contribution in [3.63, 3.8) is 0 Å². The van der Waals surface area contributed by atoms with E-state index < -0.39 is 0 Å². The van der Waals surface area contributed by atoms with Crippen molar-refractivity contribution >= 4 is 17.2 Å². The average molecular weight is 306 g/mol.